The van der Waals surface area contributed by atoms with Gasteiger partial charge < -0.3 is 19.7 Å². The van der Waals surface area contributed by atoms with Crippen LogP contribution in [0.1, 0.15) is 43.7 Å². The van der Waals surface area contributed by atoms with E-state index in [1.165, 1.54) is 19.1 Å². The van der Waals surface area contributed by atoms with Crippen LogP contribution >= 0.6 is 23.2 Å². The topological polar surface area (TPSA) is 85.7 Å². The SMILES string of the molecule is CCN(CC(=O)Nc1cc(C(C)(C)C)nn1-c1ccc(Cl)c(Cl)c1)C(=O)c1ccc(OC)cc1OC. The van der Waals surface area contributed by atoms with Crippen LogP contribution in [-0.4, -0.2) is 53.8 Å². The predicted molar refractivity (Wildman–Crippen MR) is 142 cm³/mol. The molecule has 0 aliphatic heterocycles. The molecule has 2 aromatic carbocycles. The number of methoxy groups -OCH3 is 2. The number of likely N-dealkylation sites (N-methyl/N-ethyl adjacent to an activating group) is 1. The minimum atomic E-state index is -0.376. The van der Waals surface area contributed by atoms with E-state index in [1.807, 2.05) is 26.8 Å². The number of carbonyl (C=O) groups excluding carboxylic acids is 2. The van der Waals surface area contributed by atoms with Gasteiger partial charge in [-0.2, -0.15) is 5.10 Å². The smallest absolute Gasteiger partial charge is 0.258 e. The molecule has 0 bridgehead atoms. The molecule has 36 heavy (non-hydrogen) atoms. The zero-order chi connectivity index (χ0) is 26.6. The molecule has 8 nitrogen and oxygen atoms in total. The van der Waals surface area contributed by atoms with Crippen molar-refractivity contribution in [1.29, 1.82) is 0 Å². The van der Waals surface area contributed by atoms with E-state index in [4.69, 9.17) is 32.7 Å². The monoisotopic (exact) mass is 532 g/mol. The fourth-order valence-corrected chi connectivity index (χ4v) is 3.77. The number of rotatable bonds is 8. The molecule has 3 aromatic rings. The Bertz CT molecular complexity index is 1270. The minimum Gasteiger partial charge on any atom is -0.497 e. The van der Waals surface area contributed by atoms with Gasteiger partial charge in [-0.1, -0.05) is 44.0 Å². The van der Waals surface area contributed by atoms with Crippen LogP contribution in [0.3, 0.4) is 0 Å². The Morgan fingerprint density at radius 2 is 1.75 bits per heavy atom. The van der Waals surface area contributed by atoms with Crippen molar-refractivity contribution >= 4 is 40.8 Å². The van der Waals surface area contributed by atoms with E-state index in [-0.39, 0.29) is 23.8 Å². The first kappa shape index (κ1) is 27.4. The van der Waals surface area contributed by atoms with Crippen molar-refractivity contribution in [1.82, 2.24) is 14.7 Å². The standard InChI is InChI=1S/C26H30Cl2N4O4/c1-7-31(25(34)18-10-9-17(35-5)13-21(18)36-6)15-24(33)29-23-14-22(26(2,3)4)30-32(23)16-8-11-19(27)20(28)12-16/h8-14H,7,15H2,1-6H3,(H,29,33). The van der Waals surface area contributed by atoms with Gasteiger partial charge in [0.1, 0.15) is 23.9 Å². The molecule has 0 radical (unpaired) electrons. The third kappa shape index (κ3) is 6.12. The summed E-state index contributed by atoms with van der Waals surface area (Å²) in [5.74, 6) is 0.675. The van der Waals surface area contributed by atoms with Crippen molar-refractivity contribution in [2.75, 3.05) is 32.6 Å². The van der Waals surface area contributed by atoms with Crippen LogP contribution in [0.4, 0.5) is 5.82 Å². The van der Waals surface area contributed by atoms with Crippen LogP contribution in [0.2, 0.25) is 10.0 Å². The molecule has 0 saturated carbocycles. The van der Waals surface area contributed by atoms with Gasteiger partial charge in [0.2, 0.25) is 5.91 Å². The van der Waals surface area contributed by atoms with Crippen molar-refractivity contribution in [2.24, 2.45) is 0 Å². The second-order valence-corrected chi connectivity index (χ2v) is 9.92. The Hall–Kier alpha value is -3.23. The molecule has 0 spiro atoms. The molecule has 0 unspecified atom stereocenters. The maximum atomic E-state index is 13.2. The van der Waals surface area contributed by atoms with Gasteiger partial charge in [-0.15, -0.1) is 0 Å². The Morgan fingerprint density at radius 1 is 1.03 bits per heavy atom. The van der Waals surface area contributed by atoms with Crippen molar-refractivity contribution in [3.63, 3.8) is 0 Å². The normalized spacial score (nSPS) is 11.2. The molecule has 0 atom stereocenters. The summed E-state index contributed by atoms with van der Waals surface area (Å²) in [6.45, 7) is 8.04. The Labute approximate surface area is 221 Å². The highest BCUT2D eigenvalue weighted by atomic mass is 35.5. The maximum absolute atomic E-state index is 13.2. The minimum absolute atomic E-state index is 0.165. The molecule has 2 amide bonds. The molecule has 192 valence electrons. The molecule has 0 aliphatic rings. The van der Waals surface area contributed by atoms with Crippen LogP contribution < -0.4 is 14.8 Å². The summed E-state index contributed by atoms with van der Waals surface area (Å²) >= 11 is 12.3. The predicted octanol–water partition coefficient (Wildman–Crippen LogP) is 5.59. The van der Waals surface area contributed by atoms with E-state index in [0.29, 0.717) is 45.2 Å². The summed E-state index contributed by atoms with van der Waals surface area (Å²) in [5, 5.41) is 8.37. The van der Waals surface area contributed by atoms with Crippen LogP contribution in [0.15, 0.2) is 42.5 Å². The average molecular weight is 533 g/mol. The van der Waals surface area contributed by atoms with E-state index in [1.54, 1.807) is 48.0 Å². The highest BCUT2D eigenvalue weighted by Crippen LogP contribution is 2.30. The summed E-state index contributed by atoms with van der Waals surface area (Å²) in [5.41, 5.74) is 1.48. The summed E-state index contributed by atoms with van der Waals surface area (Å²) in [6, 6.07) is 11.8. The number of hydrogen-bond donors (Lipinski definition) is 1. The van der Waals surface area contributed by atoms with Gasteiger partial charge in [-0.3, -0.25) is 9.59 Å². The van der Waals surface area contributed by atoms with Crippen molar-refractivity contribution in [3.8, 4) is 17.2 Å². The number of nitrogens with one attached hydrogen (secondary N) is 1. The summed E-state index contributed by atoms with van der Waals surface area (Å²) in [4.78, 5) is 27.7. The number of benzene rings is 2. The highest BCUT2D eigenvalue weighted by Gasteiger charge is 2.24. The largest absolute Gasteiger partial charge is 0.497 e. The second-order valence-electron chi connectivity index (χ2n) is 9.11. The number of halogens is 2. The number of hydrogen-bond acceptors (Lipinski definition) is 5. The van der Waals surface area contributed by atoms with Crippen molar-refractivity contribution in [3.05, 3.63) is 63.8 Å². The fraction of sp³-hybridized carbons (Fsp3) is 0.346. The molecule has 0 aliphatic carbocycles. The first-order valence-electron chi connectivity index (χ1n) is 11.4. The van der Waals surface area contributed by atoms with E-state index in [2.05, 4.69) is 10.4 Å². The molecular weight excluding hydrogens is 503 g/mol. The number of amides is 2. The number of ether oxygens (including phenoxy) is 2. The zero-order valence-corrected chi connectivity index (χ0v) is 22.7. The Balaban J connectivity index is 1.87. The van der Waals surface area contributed by atoms with Gasteiger partial charge in [0.15, 0.2) is 0 Å². The first-order valence-corrected chi connectivity index (χ1v) is 12.1. The molecule has 0 fully saturated rings. The molecule has 1 N–H and O–H groups in total. The quantitative estimate of drug-likeness (QED) is 0.408. The lowest BCUT2D eigenvalue weighted by atomic mass is 9.92. The van der Waals surface area contributed by atoms with Gasteiger partial charge in [0, 0.05) is 24.1 Å². The molecule has 3 rings (SSSR count). The Kier molecular flexibility index (Phi) is 8.53. The maximum Gasteiger partial charge on any atom is 0.258 e. The highest BCUT2D eigenvalue weighted by molar-refractivity contribution is 6.42. The van der Waals surface area contributed by atoms with Gasteiger partial charge in [-0.25, -0.2) is 4.68 Å². The van der Waals surface area contributed by atoms with Crippen LogP contribution in [0.5, 0.6) is 11.5 Å². The number of aromatic nitrogens is 2. The van der Waals surface area contributed by atoms with E-state index >= 15 is 0 Å². The fourth-order valence-electron chi connectivity index (χ4n) is 3.48. The molecule has 1 heterocycles. The first-order chi connectivity index (χ1) is 17.0. The van der Waals surface area contributed by atoms with Crippen LogP contribution in [-0.2, 0) is 10.2 Å². The Morgan fingerprint density at radius 3 is 2.33 bits per heavy atom. The summed E-state index contributed by atoms with van der Waals surface area (Å²) < 4.78 is 12.2. The van der Waals surface area contributed by atoms with E-state index in [9.17, 15) is 9.59 Å². The molecule has 0 saturated heterocycles. The third-order valence-electron chi connectivity index (χ3n) is 5.54. The molecule has 10 heteroatoms. The van der Waals surface area contributed by atoms with Crippen LogP contribution in [0, 0.1) is 0 Å². The van der Waals surface area contributed by atoms with Gasteiger partial charge in [0.05, 0.1) is 41.2 Å². The lowest BCUT2D eigenvalue weighted by Gasteiger charge is -2.22. The second kappa shape index (κ2) is 11.2. The molecular formula is C26H30Cl2N4O4. The van der Waals surface area contributed by atoms with Gasteiger partial charge in [0.25, 0.3) is 5.91 Å². The van der Waals surface area contributed by atoms with Gasteiger partial charge >= 0.3 is 0 Å². The third-order valence-corrected chi connectivity index (χ3v) is 6.27. The van der Waals surface area contributed by atoms with E-state index in [0.717, 1.165) is 5.69 Å². The number of anilines is 1. The average Bonchev–Trinajstić information content (AvgIpc) is 3.27. The summed E-state index contributed by atoms with van der Waals surface area (Å²) in [7, 11) is 3.01. The van der Waals surface area contributed by atoms with E-state index < -0.39 is 0 Å². The van der Waals surface area contributed by atoms with Crippen molar-refractivity contribution < 1.29 is 19.1 Å². The van der Waals surface area contributed by atoms with Crippen LogP contribution in [0.25, 0.3) is 5.69 Å². The number of carbonyl (C=O) groups is 2. The summed E-state index contributed by atoms with van der Waals surface area (Å²) in [6.07, 6.45) is 0. The molecule has 1 aromatic heterocycles. The zero-order valence-electron chi connectivity index (χ0n) is 21.2. The van der Waals surface area contributed by atoms with Gasteiger partial charge in [-0.05, 0) is 37.3 Å². The lowest BCUT2D eigenvalue weighted by molar-refractivity contribution is -0.116. The van der Waals surface area contributed by atoms with Crippen molar-refractivity contribution in [2.45, 2.75) is 33.1 Å². The lowest BCUT2D eigenvalue weighted by Crippen LogP contribution is -2.38. The number of nitrogens with zero attached hydrogens (tertiary/aromatic N) is 3.